The van der Waals surface area contributed by atoms with Crippen molar-refractivity contribution in [3.63, 3.8) is 0 Å². The van der Waals surface area contributed by atoms with Crippen LogP contribution in [-0.4, -0.2) is 5.84 Å². The molecule has 1 rings (SSSR count). The predicted molar refractivity (Wildman–Crippen MR) is 56.4 cm³/mol. The molecule has 2 nitrogen and oxygen atoms in total. The molecule has 0 radical (unpaired) electrons. The summed E-state index contributed by atoms with van der Waals surface area (Å²) in [5.74, 6) is 0.0895. The molecule has 0 saturated heterocycles. The summed E-state index contributed by atoms with van der Waals surface area (Å²) in [6.07, 6.45) is 7.69. The second-order valence-corrected chi connectivity index (χ2v) is 2.73. The fourth-order valence-corrected chi connectivity index (χ4v) is 1.02. The molecule has 14 heavy (non-hydrogen) atoms. The van der Waals surface area contributed by atoms with E-state index in [1.807, 2.05) is 0 Å². The Hall–Kier alpha value is -1.86. The van der Waals surface area contributed by atoms with Crippen molar-refractivity contribution < 1.29 is 4.39 Å². The van der Waals surface area contributed by atoms with E-state index in [1.54, 1.807) is 6.08 Å². The number of halogens is 1. The van der Waals surface area contributed by atoms with Gasteiger partial charge >= 0.3 is 0 Å². The molecule has 0 unspecified atom stereocenters. The summed E-state index contributed by atoms with van der Waals surface area (Å²) in [6, 6.07) is 0. The average molecular weight is 190 g/mol. The topological polar surface area (TPSA) is 38.4 Å². The largest absolute Gasteiger partial charge is 0.387 e. The van der Waals surface area contributed by atoms with Gasteiger partial charge in [-0.1, -0.05) is 6.58 Å². The molecule has 0 aromatic carbocycles. The summed E-state index contributed by atoms with van der Waals surface area (Å²) >= 11 is 0. The van der Waals surface area contributed by atoms with Crippen LogP contribution in [-0.2, 0) is 0 Å². The maximum atomic E-state index is 12.9. The number of hydrogen-bond acceptors (Lipinski definition) is 1. The maximum Gasteiger partial charge on any atom is 0.124 e. The van der Waals surface area contributed by atoms with Crippen molar-refractivity contribution in [2.45, 2.75) is 6.42 Å². The summed E-state index contributed by atoms with van der Waals surface area (Å²) in [4.78, 5) is 3.79. The van der Waals surface area contributed by atoms with Gasteiger partial charge in [-0.05, 0) is 29.9 Å². The zero-order valence-corrected chi connectivity index (χ0v) is 7.70. The van der Waals surface area contributed by atoms with Crippen LogP contribution in [0.2, 0.25) is 0 Å². The van der Waals surface area contributed by atoms with Gasteiger partial charge in [-0.2, -0.15) is 0 Å². The van der Waals surface area contributed by atoms with Gasteiger partial charge in [0.25, 0.3) is 0 Å². The smallest absolute Gasteiger partial charge is 0.124 e. The molecular weight excluding hydrogens is 179 g/mol. The number of hydrogen-bond donors (Lipinski definition) is 1. The van der Waals surface area contributed by atoms with Gasteiger partial charge in [0.1, 0.15) is 11.7 Å². The van der Waals surface area contributed by atoms with Crippen LogP contribution in [0.5, 0.6) is 0 Å². The van der Waals surface area contributed by atoms with Crippen molar-refractivity contribution in [2.24, 2.45) is 10.7 Å². The van der Waals surface area contributed by atoms with Crippen LogP contribution in [0.1, 0.15) is 6.42 Å². The first-order chi connectivity index (χ1) is 6.72. The van der Waals surface area contributed by atoms with Crippen LogP contribution >= 0.6 is 0 Å². The fraction of sp³-hybridized carbons (Fsp3) is 0.0909. The quantitative estimate of drug-likeness (QED) is 0.414. The van der Waals surface area contributed by atoms with Gasteiger partial charge in [0.2, 0.25) is 0 Å². The van der Waals surface area contributed by atoms with E-state index in [-0.39, 0.29) is 5.83 Å². The van der Waals surface area contributed by atoms with Crippen LogP contribution < -0.4 is 5.73 Å². The van der Waals surface area contributed by atoms with E-state index >= 15 is 0 Å². The third-order valence-electron chi connectivity index (χ3n) is 1.57. The first-order valence-electron chi connectivity index (χ1n) is 4.14. The molecule has 0 aromatic rings. The first kappa shape index (κ1) is 10.2. The van der Waals surface area contributed by atoms with Crippen molar-refractivity contribution in [1.29, 1.82) is 0 Å². The third-order valence-corrected chi connectivity index (χ3v) is 1.57. The molecular formula is C11H11FN2. The van der Waals surface area contributed by atoms with Gasteiger partial charge in [0, 0.05) is 12.6 Å². The van der Waals surface area contributed by atoms with Gasteiger partial charge in [-0.3, -0.25) is 0 Å². The van der Waals surface area contributed by atoms with E-state index in [2.05, 4.69) is 17.3 Å². The number of aliphatic imine (C=N–C) groups is 1. The van der Waals surface area contributed by atoms with E-state index < -0.39 is 0 Å². The van der Waals surface area contributed by atoms with Crippen molar-refractivity contribution in [2.75, 3.05) is 0 Å². The summed E-state index contributed by atoms with van der Waals surface area (Å²) in [5, 5.41) is 0. The highest BCUT2D eigenvalue weighted by Crippen LogP contribution is 2.11. The second-order valence-electron chi connectivity index (χ2n) is 2.73. The highest BCUT2D eigenvalue weighted by Gasteiger charge is 1.99. The fourth-order valence-electron chi connectivity index (χ4n) is 1.02. The molecule has 72 valence electrons. The molecule has 0 aromatic heterocycles. The molecule has 0 saturated carbocycles. The highest BCUT2D eigenvalue weighted by atomic mass is 19.1. The lowest BCUT2D eigenvalue weighted by Crippen LogP contribution is -2.11. The molecule has 0 amide bonds. The molecule has 1 aliphatic carbocycles. The van der Waals surface area contributed by atoms with Crippen LogP contribution in [0.15, 0.2) is 59.2 Å². The van der Waals surface area contributed by atoms with Gasteiger partial charge in [-0.25, -0.2) is 9.38 Å². The van der Waals surface area contributed by atoms with Crippen molar-refractivity contribution in [3.8, 4) is 0 Å². The second kappa shape index (κ2) is 5.00. The molecule has 0 spiro atoms. The molecule has 2 N–H and O–H groups in total. The Morgan fingerprint density at radius 3 is 3.21 bits per heavy atom. The summed E-state index contributed by atoms with van der Waals surface area (Å²) < 4.78 is 12.9. The average Bonchev–Trinajstić information content (AvgIpc) is 2.30. The predicted octanol–water partition coefficient (Wildman–Crippen LogP) is 2.38. The molecule has 0 atom stereocenters. The van der Waals surface area contributed by atoms with Gasteiger partial charge < -0.3 is 5.73 Å². The van der Waals surface area contributed by atoms with Crippen LogP contribution in [0.25, 0.3) is 0 Å². The van der Waals surface area contributed by atoms with Crippen LogP contribution in [0.4, 0.5) is 4.39 Å². The Kier molecular flexibility index (Phi) is 3.65. The minimum absolute atomic E-state index is 0.312. The highest BCUT2D eigenvalue weighted by molar-refractivity contribution is 5.83. The lowest BCUT2D eigenvalue weighted by atomic mass is 10.1. The zero-order chi connectivity index (χ0) is 10.4. The van der Waals surface area contributed by atoms with Crippen LogP contribution in [0, 0.1) is 0 Å². The Balaban J connectivity index is 2.79. The summed E-state index contributed by atoms with van der Waals surface area (Å²) in [6.45, 7) is 3.42. The number of nitrogens with two attached hydrogens (primary N) is 1. The normalized spacial score (nSPS) is 15.9. The summed E-state index contributed by atoms with van der Waals surface area (Å²) in [7, 11) is 0. The van der Waals surface area contributed by atoms with Crippen molar-refractivity contribution >= 4 is 5.84 Å². The lowest BCUT2D eigenvalue weighted by molar-refractivity contribution is 0.666. The minimum atomic E-state index is -0.312. The molecule has 0 fully saturated rings. The SMILES string of the molecule is C=CN=C(N)CC1=CC(F)=CC=C=C1. The molecule has 0 bridgehead atoms. The summed E-state index contributed by atoms with van der Waals surface area (Å²) in [5.41, 5.74) is 9.09. The Labute approximate surface area is 82.3 Å². The number of allylic oxidation sites excluding steroid dienone is 4. The minimum Gasteiger partial charge on any atom is -0.387 e. The molecule has 0 aliphatic heterocycles. The zero-order valence-electron chi connectivity index (χ0n) is 7.70. The van der Waals surface area contributed by atoms with E-state index in [0.717, 1.165) is 5.57 Å². The lowest BCUT2D eigenvalue weighted by Gasteiger charge is -1.99. The Morgan fingerprint density at radius 2 is 2.50 bits per heavy atom. The van der Waals surface area contributed by atoms with Crippen molar-refractivity contribution in [1.82, 2.24) is 0 Å². The Morgan fingerprint density at radius 1 is 1.71 bits per heavy atom. The monoisotopic (exact) mass is 190 g/mol. The third kappa shape index (κ3) is 3.25. The van der Waals surface area contributed by atoms with Gasteiger partial charge in [-0.15, -0.1) is 5.73 Å². The first-order valence-corrected chi connectivity index (χ1v) is 4.14. The van der Waals surface area contributed by atoms with E-state index in [1.165, 1.54) is 24.4 Å². The van der Waals surface area contributed by atoms with E-state index in [0.29, 0.717) is 12.3 Å². The van der Waals surface area contributed by atoms with Gasteiger partial charge in [0.05, 0.1) is 0 Å². The molecule has 1 aliphatic rings. The number of rotatable bonds is 3. The van der Waals surface area contributed by atoms with E-state index in [4.69, 9.17) is 5.73 Å². The number of amidine groups is 1. The van der Waals surface area contributed by atoms with Gasteiger partial charge in [0.15, 0.2) is 0 Å². The molecule has 3 heteroatoms. The van der Waals surface area contributed by atoms with Crippen LogP contribution in [0.3, 0.4) is 0 Å². The number of nitrogens with zero attached hydrogens (tertiary/aromatic N) is 1. The van der Waals surface area contributed by atoms with E-state index in [9.17, 15) is 4.39 Å². The Bertz CT molecular complexity index is 380. The molecule has 0 heterocycles. The van der Waals surface area contributed by atoms with Crippen molar-refractivity contribution in [3.05, 3.63) is 54.2 Å². The standard InChI is InChI=1S/C11H11FN2/c1-2-14-11(13)8-9-5-3-4-6-10(12)7-9/h2,4-7H,1,8H2,(H2,13,14). The maximum absolute atomic E-state index is 12.9.